The second-order valence-electron chi connectivity index (χ2n) is 6.60. The van der Waals surface area contributed by atoms with Crippen LogP contribution in [0.1, 0.15) is 34.7 Å². The SMILES string of the molecule is Cc1cc(OC2CCCN(C(=O)c3ccc(OC(F)(F)F)cc3)C2)nc(C)n1. The third-order valence-corrected chi connectivity index (χ3v) is 4.23. The van der Waals surface area contributed by atoms with E-state index in [0.29, 0.717) is 30.4 Å². The van der Waals surface area contributed by atoms with Gasteiger partial charge < -0.3 is 14.4 Å². The molecule has 28 heavy (non-hydrogen) atoms. The molecule has 1 aromatic carbocycles. The maximum absolute atomic E-state index is 12.7. The van der Waals surface area contributed by atoms with E-state index in [1.54, 1.807) is 17.9 Å². The molecule has 1 amide bonds. The normalized spacial score (nSPS) is 17.3. The Hall–Kier alpha value is -2.84. The van der Waals surface area contributed by atoms with E-state index in [9.17, 15) is 18.0 Å². The van der Waals surface area contributed by atoms with Gasteiger partial charge in [-0.05, 0) is 51.0 Å². The number of aryl methyl sites for hydroxylation is 2. The molecule has 1 unspecified atom stereocenters. The van der Waals surface area contributed by atoms with E-state index in [2.05, 4.69) is 14.7 Å². The second kappa shape index (κ2) is 8.04. The van der Waals surface area contributed by atoms with Gasteiger partial charge in [-0.1, -0.05) is 0 Å². The quantitative estimate of drug-likeness (QED) is 0.790. The van der Waals surface area contributed by atoms with Crippen LogP contribution in [0, 0.1) is 13.8 Å². The van der Waals surface area contributed by atoms with Crippen molar-refractivity contribution in [3.05, 3.63) is 47.4 Å². The van der Waals surface area contributed by atoms with Gasteiger partial charge in [0.2, 0.25) is 5.88 Å². The fourth-order valence-corrected chi connectivity index (χ4v) is 3.11. The summed E-state index contributed by atoms with van der Waals surface area (Å²) in [6.45, 7) is 4.57. The molecule has 0 aliphatic carbocycles. The van der Waals surface area contributed by atoms with Crippen LogP contribution in [0.2, 0.25) is 0 Å². The maximum atomic E-state index is 12.7. The smallest absolute Gasteiger partial charge is 0.472 e. The van der Waals surface area contributed by atoms with Crippen LogP contribution in [-0.2, 0) is 0 Å². The number of piperidine rings is 1. The van der Waals surface area contributed by atoms with Gasteiger partial charge in [0, 0.05) is 23.9 Å². The number of amides is 1. The minimum Gasteiger partial charge on any atom is -0.472 e. The van der Waals surface area contributed by atoms with E-state index in [0.717, 1.165) is 30.7 Å². The number of nitrogens with zero attached hydrogens (tertiary/aromatic N) is 3. The zero-order valence-electron chi connectivity index (χ0n) is 15.5. The highest BCUT2D eigenvalue weighted by molar-refractivity contribution is 5.94. The first kappa shape index (κ1) is 19.9. The molecule has 0 N–H and O–H groups in total. The van der Waals surface area contributed by atoms with Gasteiger partial charge in [0.05, 0.1) is 6.54 Å². The summed E-state index contributed by atoms with van der Waals surface area (Å²) in [6.07, 6.45) is -3.43. The number of rotatable bonds is 4. The maximum Gasteiger partial charge on any atom is 0.573 e. The summed E-state index contributed by atoms with van der Waals surface area (Å²) in [5.41, 5.74) is 1.09. The number of halogens is 3. The molecule has 1 aromatic heterocycles. The molecular weight excluding hydrogens is 375 g/mol. The highest BCUT2D eigenvalue weighted by Crippen LogP contribution is 2.24. The zero-order valence-corrected chi connectivity index (χ0v) is 15.5. The van der Waals surface area contributed by atoms with E-state index in [-0.39, 0.29) is 17.8 Å². The van der Waals surface area contributed by atoms with Crippen molar-refractivity contribution in [3.63, 3.8) is 0 Å². The predicted molar refractivity (Wildman–Crippen MR) is 94.2 cm³/mol. The fourth-order valence-electron chi connectivity index (χ4n) is 3.11. The van der Waals surface area contributed by atoms with Crippen LogP contribution in [-0.4, -0.2) is 46.3 Å². The first-order valence-electron chi connectivity index (χ1n) is 8.83. The second-order valence-corrected chi connectivity index (χ2v) is 6.60. The lowest BCUT2D eigenvalue weighted by atomic mass is 10.1. The summed E-state index contributed by atoms with van der Waals surface area (Å²) in [5.74, 6) is 0.457. The molecule has 1 aliphatic heterocycles. The zero-order chi connectivity index (χ0) is 20.3. The lowest BCUT2D eigenvalue weighted by Crippen LogP contribution is -2.44. The average molecular weight is 395 g/mol. The first-order valence-corrected chi connectivity index (χ1v) is 8.83. The number of alkyl halides is 3. The molecule has 1 atom stereocenters. The minimum absolute atomic E-state index is 0.209. The molecular formula is C19H20F3N3O3. The Balaban J connectivity index is 1.64. The van der Waals surface area contributed by atoms with Crippen molar-refractivity contribution in [1.29, 1.82) is 0 Å². The molecule has 6 nitrogen and oxygen atoms in total. The summed E-state index contributed by atoms with van der Waals surface area (Å²) in [6, 6.07) is 6.65. The summed E-state index contributed by atoms with van der Waals surface area (Å²) in [4.78, 5) is 22.8. The number of likely N-dealkylation sites (tertiary alicyclic amines) is 1. The van der Waals surface area contributed by atoms with Crippen molar-refractivity contribution < 1.29 is 27.4 Å². The van der Waals surface area contributed by atoms with Crippen LogP contribution in [0.4, 0.5) is 13.2 Å². The molecule has 9 heteroatoms. The standard InChI is InChI=1S/C19H20F3N3O3/c1-12-10-17(24-13(2)23-12)27-16-4-3-9-25(11-16)18(26)14-5-7-15(8-6-14)28-19(20,21)22/h5-8,10,16H,3-4,9,11H2,1-2H3. The molecule has 150 valence electrons. The molecule has 2 heterocycles. The van der Waals surface area contributed by atoms with Gasteiger partial charge in [-0.3, -0.25) is 4.79 Å². The molecule has 3 rings (SSSR count). The molecule has 0 spiro atoms. The van der Waals surface area contributed by atoms with Crippen molar-refractivity contribution in [2.24, 2.45) is 0 Å². The van der Waals surface area contributed by atoms with Gasteiger partial charge in [0.15, 0.2) is 0 Å². The van der Waals surface area contributed by atoms with Crippen molar-refractivity contribution in [3.8, 4) is 11.6 Å². The van der Waals surface area contributed by atoms with E-state index in [1.165, 1.54) is 12.1 Å². The van der Waals surface area contributed by atoms with Crippen LogP contribution in [0.25, 0.3) is 0 Å². The molecule has 1 fully saturated rings. The van der Waals surface area contributed by atoms with Gasteiger partial charge in [-0.2, -0.15) is 4.98 Å². The third kappa shape index (κ3) is 5.34. The number of aromatic nitrogens is 2. The van der Waals surface area contributed by atoms with Crippen LogP contribution >= 0.6 is 0 Å². The topological polar surface area (TPSA) is 64.5 Å². The van der Waals surface area contributed by atoms with Gasteiger partial charge >= 0.3 is 6.36 Å². The Bertz CT molecular complexity index is 820. The Morgan fingerprint density at radius 1 is 1.18 bits per heavy atom. The number of hydrogen-bond donors (Lipinski definition) is 0. The van der Waals surface area contributed by atoms with Gasteiger partial charge in [0.1, 0.15) is 17.7 Å². The monoisotopic (exact) mass is 395 g/mol. The highest BCUT2D eigenvalue weighted by atomic mass is 19.4. The Morgan fingerprint density at radius 2 is 1.89 bits per heavy atom. The Morgan fingerprint density at radius 3 is 2.54 bits per heavy atom. The number of carbonyl (C=O) groups is 1. The molecule has 0 radical (unpaired) electrons. The van der Waals surface area contributed by atoms with E-state index in [4.69, 9.17) is 4.74 Å². The van der Waals surface area contributed by atoms with Crippen LogP contribution in [0.15, 0.2) is 30.3 Å². The minimum atomic E-state index is -4.76. The van der Waals surface area contributed by atoms with Crippen molar-refractivity contribution in [2.45, 2.75) is 39.2 Å². The molecule has 0 bridgehead atoms. The largest absolute Gasteiger partial charge is 0.573 e. The van der Waals surface area contributed by atoms with Crippen molar-refractivity contribution in [2.75, 3.05) is 13.1 Å². The Labute approximate surface area is 160 Å². The van der Waals surface area contributed by atoms with Gasteiger partial charge in [-0.25, -0.2) is 4.98 Å². The fraction of sp³-hybridized carbons (Fsp3) is 0.421. The van der Waals surface area contributed by atoms with Gasteiger partial charge in [0.25, 0.3) is 5.91 Å². The lowest BCUT2D eigenvalue weighted by molar-refractivity contribution is -0.274. The number of hydrogen-bond acceptors (Lipinski definition) is 5. The summed E-state index contributed by atoms with van der Waals surface area (Å²) < 4.78 is 46.5. The average Bonchev–Trinajstić information content (AvgIpc) is 2.60. The summed E-state index contributed by atoms with van der Waals surface area (Å²) >= 11 is 0. The highest BCUT2D eigenvalue weighted by Gasteiger charge is 2.31. The van der Waals surface area contributed by atoms with Crippen LogP contribution < -0.4 is 9.47 Å². The van der Waals surface area contributed by atoms with E-state index < -0.39 is 6.36 Å². The number of benzene rings is 1. The van der Waals surface area contributed by atoms with Crippen LogP contribution in [0.5, 0.6) is 11.6 Å². The van der Waals surface area contributed by atoms with Crippen molar-refractivity contribution in [1.82, 2.24) is 14.9 Å². The molecule has 0 saturated carbocycles. The van der Waals surface area contributed by atoms with Crippen LogP contribution in [0.3, 0.4) is 0 Å². The first-order chi connectivity index (χ1) is 13.2. The molecule has 2 aromatic rings. The molecule has 1 saturated heterocycles. The van der Waals surface area contributed by atoms with Gasteiger partial charge in [-0.15, -0.1) is 13.2 Å². The number of carbonyl (C=O) groups excluding carboxylic acids is 1. The Kier molecular flexibility index (Phi) is 5.71. The summed E-state index contributed by atoms with van der Waals surface area (Å²) in [5, 5.41) is 0. The number of ether oxygens (including phenoxy) is 2. The van der Waals surface area contributed by atoms with E-state index >= 15 is 0 Å². The molecule has 1 aliphatic rings. The lowest BCUT2D eigenvalue weighted by Gasteiger charge is -2.32. The summed E-state index contributed by atoms with van der Waals surface area (Å²) in [7, 11) is 0. The van der Waals surface area contributed by atoms with Crippen molar-refractivity contribution >= 4 is 5.91 Å². The predicted octanol–water partition coefficient (Wildman–Crippen LogP) is 3.68. The van der Waals surface area contributed by atoms with E-state index in [1.807, 2.05) is 6.92 Å². The third-order valence-electron chi connectivity index (χ3n) is 4.23.